The number of nitrogens with zero attached hydrogens (tertiary/aromatic N) is 1. The van der Waals surface area contributed by atoms with Crippen molar-refractivity contribution in [3.63, 3.8) is 0 Å². The van der Waals surface area contributed by atoms with E-state index in [9.17, 15) is 9.18 Å². The summed E-state index contributed by atoms with van der Waals surface area (Å²) in [6, 6.07) is 11.1. The summed E-state index contributed by atoms with van der Waals surface area (Å²) < 4.78 is 14.5. The van der Waals surface area contributed by atoms with Crippen molar-refractivity contribution in [3.05, 3.63) is 63.3 Å². The maximum Gasteiger partial charge on any atom is 0.258 e. The predicted octanol–water partition coefficient (Wildman–Crippen LogP) is 4.91. The van der Waals surface area contributed by atoms with Gasteiger partial charge < -0.3 is 4.90 Å². The van der Waals surface area contributed by atoms with Crippen LogP contribution in [0.15, 0.2) is 46.9 Å². The molecule has 0 atom stereocenters. The van der Waals surface area contributed by atoms with Crippen LogP contribution in [0.4, 0.5) is 10.1 Å². The zero-order valence-corrected chi connectivity index (χ0v) is 13.1. The number of carbonyl (C=O) groups is 1. The molecular weight excluding hydrogens is 345 g/mol. The molecule has 0 spiro atoms. The lowest BCUT2D eigenvalue weighted by atomic mass is 10.1. The standard InChI is InChI=1S/C15H12BrClFNO/c1-2-19(14-6-4-3-5-13(14)18)15(20)10-7-8-11(16)12(17)9-10/h3-9H,2H2,1H3. The third-order valence-corrected chi connectivity index (χ3v) is 4.10. The Hall–Kier alpha value is -1.39. The highest BCUT2D eigenvalue weighted by molar-refractivity contribution is 9.10. The first kappa shape index (κ1) is 15.0. The molecule has 0 N–H and O–H groups in total. The van der Waals surface area contributed by atoms with Crippen molar-refractivity contribution < 1.29 is 9.18 Å². The molecule has 2 aromatic carbocycles. The van der Waals surface area contributed by atoms with Gasteiger partial charge in [0.05, 0.1) is 10.7 Å². The zero-order chi connectivity index (χ0) is 14.7. The molecular formula is C15H12BrClFNO. The van der Waals surface area contributed by atoms with E-state index in [1.54, 1.807) is 43.3 Å². The van der Waals surface area contributed by atoms with E-state index in [0.717, 1.165) is 0 Å². The average Bonchev–Trinajstić information content (AvgIpc) is 2.44. The average molecular weight is 357 g/mol. The van der Waals surface area contributed by atoms with Crippen LogP contribution < -0.4 is 4.90 Å². The lowest BCUT2D eigenvalue weighted by Crippen LogP contribution is -2.31. The van der Waals surface area contributed by atoms with Gasteiger partial charge in [-0.05, 0) is 53.2 Å². The number of para-hydroxylation sites is 1. The second kappa shape index (κ2) is 6.37. The minimum Gasteiger partial charge on any atom is -0.306 e. The fourth-order valence-corrected chi connectivity index (χ4v) is 2.31. The fourth-order valence-electron chi connectivity index (χ4n) is 1.88. The van der Waals surface area contributed by atoms with Crippen molar-refractivity contribution in [3.8, 4) is 0 Å². The molecule has 0 aliphatic rings. The summed E-state index contributed by atoms with van der Waals surface area (Å²) in [5, 5.41) is 0.445. The first-order valence-electron chi connectivity index (χ1n) is 6.06. The van der Waals surface area contributed by atoms with Gasteiger partial charge in [0.25, 0.3) is 5.91 Å². The van der Waals surface area contributed by atoms with Crippen molar-refractivity contribution in [2.45, 2.75) is 6.92 Å². The number of rotatable bonds is 3. The Balaban J connectivity index is 2.39. The van der Waals surface area contributed by atoms with Crippen LogP contribution in [0, 0.1) is 5.82 Å². The van der Waals surface area contributed by atoms with Crippen LogP contribution in [0.25, 0.3) is 0 Å². The maximum atomic E-state index is 13.8. The highest BCUT2D eigenvalue weighted by atomic mass is 79.9. The van der Waals surface area contributed by atoms with Crippen molar-refractivity contribution >= 4 is 39.1 Å². The van der Waals surface area contributed by atoms with Gasteiger partial charge in [-0.1, -0.05) is 23.7 Å². The molecule has 1 amide bonds. The molecule has 5 heteroatoms. The van der Waals surface area contributed by atoms with Gasteiger partial charge in [-0.15, -0.1) is 0 Å². The van der Waals surface area contributed by atoms with Crippen LogP contribution in [-0.4, -0.2) is 12.5 Å². The first-order chi connectivity index (χ1) is 9.54. The Morgan fingerprint density at radius 3 is 2.60 bits per heavy atom. The van der Waals surface area contributed by atoms with Gasteiger partial charge in [0.2, 0.25) is 0 Å². The van der Waals surface area contributed by atoms with Crippen LogP contribution in [0.5, 0.6) is 0 Å². The quantitative estimate of drug-likeness (QED) is 0.765. The SMILES string of the molecule is CCN(C(=O)c1ccc(Br)c(Cl)c1)c1ccccc1F. The molecule has 0 radical (unpaired) electrons. The van der Waals surface area contributed by atoms with Crippen LogP contribution in [0.1, 0.15) is 17.3 Å². The summed E-state index contributed by atoms with van der Waals surface area (Å²) in [6.07, 6.45) is 0. The molecule has 0 saturated carbocycles. The number of anilines is 1. The number of halogens is 3. The maximum absolute atomic E-state index is 13.8. The second-order valence-electron chi connectivity index (χ2n) is 4.13. The van der Waals surface area contributed by atoms with Crippen molar-refractivity contribution in [2.24, 2.45) is 0 Å². The summed E-state index contributed by atoms with van der Waals surface area (Å²) >= 11 is 9.26. The molecule has 20 heavy (non-hydrogen) atoms. The summed E-state index contributed by atoms with van der Waals surface area (Å²) in [6.45, 7) is 2.16. The molecule has 104 valence electrons. The van der Waals surface area contributed by atoms with Crippen LogP contribution in [0.2, 0.25) is 5.02 Å². The van der Waals surface area contributed by atoms with E-state index in [4.69, 9.17) is 11.6 Å². The lowest BCUT2D eigenvalue weighted by molar-refractivity contribution is 0.0987. The Kier molecular flexibility index (Phi) is 4.78. The van der Waals surface area contributed by atoms with E-state index in [1.807, 2.05) is 0 Å². The van der Waals surface area contributed by atoms with Gasteiger partial charge in [-0.2, -0.15) is 0 Å². The fraction of sp³-hybridized carbons (Fsp3) is 0.133. The van der Waals surface area contributed by atoms with Gasteiger partial charge in [-0.25, -0.2) is 4.39 Å². The summed E-state index contributed by atoms with van der Waals surface area (Å²) in [5.74, 6) is -0.710. The van der Waals surface area contributed by atoms with E-state index >= 15 is 0 Å². The third-order valence-electron chi connectivity index (χ3n) is 2.87. The Bertz CT molecular complexity index is 648. The van der Waals surface area contributed by atoms with Crippen LogP contribution in [-0.2, 0) is 0 Å². The summed E-state index contributed by atoms with van der Waals surface area (Å²) in [7, 11) is 0. The number of hydrogen-bond acceptors (Lipinski definition) is 1. The topological polar surface area (TPSA) is 20.3 Å². The molecule has 0 bridgehead atoms. The largest absolute Gasteiger partial charge is 0.306 e. The van der Waals surface area contributed by atoms with Gasteiger partial charge in [0.1, 0.15) is 5.82 Å². The molecule has 2 rings (SSSR count). The Labute approximate surface area is 130 Å². The van der Waals surface area contributed by atoms with E-state index < -0.39 is 5.82 Å². The monoisotopic (exact) mass is 355 g/mol. The first-order valence-corrected chi connectivity index (χ1v) is 7.23. The lowest BCUT2D eigenvalue weighted by Gasteiger charge is -2.21. The number of hydrogen-bond donors (Lipinski definition) is 0. The number of amides is 1. The second-order valence-corrected chi connectivity index (χ2v) is 5.39. The van der Waals surface area contributed by atoms with E-state index in [1.165, 1.54) is 11.0 Å². The van der Waals surface area contributed by atoms with Crippen molar-refractivity contribution in [1.82, 2.24) is 0 Å². The van der Waals surface area contributed by atoms with Crippen molar-refractivity contribution in [1.29, 1.82) is 0 Å². The van der Waals surface area contributed by atoms with Crippen LogP contribution in [0.3, 0.4) is 0 Å². The van der Waals surface area contributed by atoms with E-state index in [0.29, 0.717) is 21.6 Å². The molecule has 0 aliphatic heterocycles. The smallest absolute Gasteiger partial charge is 0.258 e. The third kappa shape index (κ3) is 3.02. The van der Waals surface area contributed by atoms with Crippen molar-refractivity contribution in [2.75, 3.05) is 11.4 Å². The molecule has 0 heterocycles. The van der Waals surface area contributed by atoms with Crippen LogP contribution >= 0.6 is 27.5 Å². The van der Waals surface area contributed by atoms with Gasteiger partial charge in [0, 0.05) is 16.6 Å². The zero-order valence-electron chi connectivity index (χ0n) is 10.7. The minimum atomic E-state index is -0.425. The molecule has 2 aromatic rings. The summed E-state index contributed by atoms with van der Waals surface area (Å²) in [5.41, 5.74) is 0.683. The van der Waals surface area contributed by atoms with Gasteiger partial charge >= 0.3 is 0 Å². The highest BCUT2D eigenvalue weighted by Gasteiger charge is 2.19. The summed E-state index contributed by atoms with van der Waals surface area (Å²) in [4.78, 5) is 13.9. The predicted molar refractivity (Wildman–Crippen MR) is 82.9 cm³/mol. The normalized spacial score (nSPS) is 10.4. The Morgan fingerprint density at radius 1 is 1.30 bits per heavy atom. The number of carbonyl (C=O) groups excluding carboxylic acids is 1. The molecule has 0 aliphatic carbocycles. The molecule has 2 nitrogen and oxygen atoms in total. The van der Waals surface area contributed by atoms with Gasteiger partial charge in [0.15, 0.2) is 0 Å². The molecule has 0 unspecified atom stereocenters. The Morgan fingerprint density at radius 2 is 2.00 bits per heavy atom. The van der Waals surface area contributed by atoms with E-state index in [-0.39, 0.29) is 11.6 Å². The number of benzene rings is 2. The molecule has 0 saturated heterocycles. The molecule has 0 aromatic heterocycles. The highest BCUT2D eigenvalue weighted by Crippen LogP contribution is 2.26. The minimum absolute atomic E-state index is 0.263. The molecule has 0 fully saturated rings. The van der Waals surface area contributed by atoms with E-state index in [2.05, 4.69) is 15.9 Å². The van der Waals surface area contributed by atoms with Gasteiger partial charge in [-0.3, -0.25) is 4.79 Å².